The van der Waals surface area contributed by atoms with Gasteiger partial charge in [0.15, 0.2) is 4.91 Å². The normalized spacial score (nSPS) is 15.8. The van der Waals surface area contributed by atoms with Crippen molar-refractivity contribution in [3.8, 4) is 0 Å². The third-order valence-electron chi connectivity index (χ3n) is 3.44. The van der Waals surface area contributed by atoms with Crippen molar-refractivity contribution in [3.63, 3.8) is 0 Å². The van der Waals surface area contributed by atoms with E-state index in [1.807, 2.05) is 0 Å². The van der Waals surface area contributed by atoms with Crippen LogP contribution in [0.15, 0.2) is 41.0 Å². The van der Waals surface area contributed by atoms with Gasteiger partial charge in [-0.25, -0.2) is 18.1 Å². The highest BCUT2D eigenvalue weighted by molar-refractivity contribution is 7.96. The molecule has 2 amide bonds. The number of sulfone groups is 1. The van der Waals surface area contributed by atoms with Crippen LogP contribution in [0, 0.1) is 0 Å². The summed E-state index contributed by atoms with van der Waals surface area (Å²) in [4.78, 5) is 24.6. The van der Waals surface area contributed by atoms with Crippen molar-refractivity contribution in [2.75, 3.05) is 17.7 Å². The van der Waals surface area contributed by atoms with E-state index < -0.39 is 44.0 Å². The summed E-state index contributed by atoms with van der Waals surface area (Å²) >= 11 is 0. The minimum atomic E-state index is -4.17. The smallest absolute Gasteiger partial charge is 0.417 e. The molecule has 2 rings (SSSR count). The Morgan fingerprint density at radius 2 is 1.88 bits per heavy atom. The molecular formula is C17H22N2O6S. The maximum atomic E-state index is 12.6. The molecule has 0 saturated heterocycles. The average Bonchev–Trinajstić information content (AvgIpc) is 2.52. The lowest BCUT2D eigenvalue weighted by Crippen LogP contribution is -2.46. The molecule has 0 unspecified atom stereocenters. The predicted molar refractivity (Wildman–Crippen MR) is 96.1 cm³/mol. The summed E-state index contributed by atoms with van der Waals surface area (Å²) < 4.78 is 30.2. The Labute approximate surface area is 152 Å². The first kappa shape index (κ1) is 19.8. The van der Waals surface area contributed by atoms with E-state index in [1.165, 1.54) is 0 Å². The standard InChI is InChI=1S/C17H22N2O6S/c1-17(2,3)25-16(22)19-10-9-13(20)14(15(19)21)26(23,24)11-18-12-7-5-4-6-8-12/h4-8,18,20H,9-11H2,1-3H3. The minimum absolute atomic E-state index is 0.148. The van der Waals surface area contributed by atoms with Crippen molar-refractivity contribution in [1.29, 1.82) is 0 Å². The monoisotopic (exact) mass is 382 g/mol. The number of para-hydroxylation sites is 1. The summed E-state index contributed by atoms with van der Waals surface area (Å²) in [6, 6.07) is 8.56. The maximum absolute atomic E-state index is 12.6. The van der Waals surface area contributed by atoms with Crippen LogP contribution >= 0.6 is 0 Å². The second-order valence-corrected chi connectivity index (χ2v) is 8.69. The van der Waals surface area contributed by atoms with Crippen LogP contribution in [0.25, 0.3) is 0 Å². The summed E-state index contributed by atoms with van der Waals surface area (Å²) in [6.07, 6.45) is -1.09. The number of ether oxygens (including phenoxy) is 1. The molecule has 26 heavy (non-hydrogen) atoms. The van der Waals surface area contributed by atoms with Gasteiger partial charge in [0.2, 0.25) is 9.84 Å². The van der Waals surface area contributed by atoms with Crippen LogP contribution in [0.5, 0.6) is 0 Å². The Hall–Kier alpha value is -2.55. The second-order valence-electron chi connectivity index (χ2n) is 6.76. The van der Waals surface area contributed by atoms with E-state index in [0.717, 1.165) is 0 Å². The molecule has 1 aliphatic rings. The van der Waals surface area contributed by atoms with Gasteiger partial charge < -0.3 is 15.2 Å². The average molecular weight is 382 g/mol. The first-order chi connectivity index (χ1) is 12.0. The van der Waals surface area contributed by atoms with E-state index >= 15 is 0 Å². The van der Waals surface area contributed by atoms with Gasteiger partial charge in [-0.15, -0.1) is 0 Å². The lowest BCUT2D eigenvalue weighted by Gasteiger charge is -2.29. The van der Waals surface area contributed by atoms with E-state index in [-0.39, 0.29) is 13.0 Å². The van der Waals surface area contributed by atoms with Crippen molar-refractivity contribution in [2.24, 2.45) is 0 Å². The van der Waals surface area contributed by atoms with Crippen LogP contribution in [0.1, 0.15) is 27.2 Å². The first-order valence-corrected chi connectivity index (χ1v) is 9.65. The van der Waals surface area contributed by atoms with Gasteiger partial charge in [0, 0.05) is 18.7 Å². The molecule has 1 aliphatic heterocycles. The third-order valence-corrected chi connectivity index (χ3v) is 5.00. The molecule has 9 heteroatoms. The van der Waals surface area contributed by atoms with Crippen molar-refractivity contribution < 1.29 is 27.9 Å². The molecule has 8 nitrogen and oxygen atoms in total. The Balaban J connectivity index is 2.20. The van der Waals surface area contributed by atoms with Gasteiger partial charge in [-0.2, -0.15) is 0 Å². The van der Waals surface area contributed by atoms with E-state index in [0.29, 0.717) is 10.6 Å². The molecule has 0 fully saturated rings. The zero-order chi connectivity index (χ0) is 19.5. The van der Waals surface area contributed by atoms with Gasteiger partial charge in [0.1, 0.15) is 17.2 Å². The number of amides is 2. The highest BCUT2D eigenvalue weighted by Gasteiger charge is 2.40. The SMILES string of the molecule is CC(C)(C)OC(=O)N1CCC(O)=C(S(=O)(=O)CNc2ccccc2)C1=O. The molecule has 1 aromatic carbocycles. The number of aliphatic hydroxyl groups excluding tert-OH is 1. The van der Waals surface area contributed by atoms with Crippen LogP contribution in [0.4, 0.5) is 10.5 Å². The third kappa shape index (κ3) is 4.75. The zero-order valence-corrected chi connectivity index (χ0v) is 15.7. The van der Waals surface area contributed by atoms with Crippen molar-refractivity contribution >= 4 is 27.5 Å². The van der Waals surface area contributed by atoms with Crippen LogP contribution in [0.2, 0.25) is 0 Å². The number of carbonyl (C=O) groups is 2. The van der Waals surface area contributed by atoms with Gasteiger partial charge in [-0.05, 0) is 32.9 Å². The topological polar surface area (TPSA) is 113 Å². The number of benzene rings is 1. The zero-order valence-electron chi connectivity index (χ0n) is 14.9. The summed E-state index contributed by atoms with van der Waals surface area (Å²) in [6.45, 7) is 4.75. The van der Waals surface area contributed by atoms with E-state index in [4.69, 9.17) is 4.74 Å². The molecule has 0 atom stereocenters. The van der Waals surface area contributed by atoms with Crippen molar-refractivity contribution in [1.82, 2.24) is 4.90 Å². The van der Waals surface area contributed by atoms with Crippen LogP contribution < -0.4 is 5.32 Å². The van der Waals surface area contributed by atoms with Gasteiger partial charge in [-0.3, -0.25) is 4.79 Å². The minimum Gasteiger partial charge on any atom is -0.511 e. The Kier molecular flexibility index (Phi) is 5.60. The summed E-state index contributed by atoms with van der Waals surface area (Å²) in [7, 11) is -4.17. The quantitative estimate of drug-likeness (QED) is 0.822. The fourth-order valence-electron chi connectivity index (χ4n) is 2.29. The van der Waals surface area contributed by atoms with E-state index in [2.05, 4.69) is 5.32 Å². The number of nitrogens with one attached hydrogen (secondary N) is 1. The maximum Gasteiger partial charge on any atom is 0.417 e. The second kappa shape index (κ2) is 7.36. The first-order valence-electron chi connectivity index (χ1n) is 8.00. The molecule has 0 saturated carbocycles. The Bertz CT molecular complexity index is 825. The van der Waals surface area contributed by atoms with Gasteiger partial charge in [0.25, 0.3) is 5.91 Å². The summed E-state index contributed by atoms with van der Waals surface area (Å²) in [5.74, 6) is -2.23. The molecule has 0 bridgehead atoms. The number of hydrogen-bond acceptors (Lipinski definition) is 7. The fraction of sp³-hybridized carbons (Fsp3) is 0.412. The molecule has 0 radical (unpaired) electrons. The number of imide groups is 1. The highest BCUT2D eigenvalue weighted by atomic mass is 32.2. The van der Waals surface area contributed by atoms with E-state index in [1.54, 1.807) is 51.1 Å². The van der Waals surface area contributed by atoms with Crippen LogP contribution in [0.3, 0.4) is 0 Å². The molecule has 0 spiro atoms. The number of aliphatic hydroxyl groups is 1. The molecule has 2 N–H and O–H groups in total. The van der Waals surface area contributed by atoms with Gasteiger partial charge in [-0.1, -0.05) is 18.2 Å². The molecule has 1 heterocycles. The number of anilines is 1. The largest absolute Gasteiger partial charge is 0.511 e. The molecule has 0 aromatic heterocycles. The van der Waals surface area contributed by atoms with Gasteiger partial charge >= 0.3 is 6.09 Å². The Morgan fingerprint density at radius 1 is 1.27 bits per heavy atom. The number of hydrogen-bond donors (Lipinski definition) is 2. The molecule has 142 valence electrons. The highest BCUT2D eigenvalue weighted by Crippen LogP contribution is 2.25. The molecule has 1 aromatic rings. The number of rotatable bonds is 4. The Morgan fingerprint density at radius 3 is 2.46 bits per heavy atom. The van der Waals surface area contributed by atoms with Crippen LogP contribution in [-0.4, -0.2) is 48.4 Å². The molecular weight excluding hydrogens is 360 g/mol. The number of carbonyl (C=O) groups excluding carboxylic acids is 2. The predicted octanol–water partition coefficient (Wildman–Crippen LogP) is 2.41. The fourth-order valence-corrected chi connectivity index (χ4v) is 3.63. The summed E-state index contributed by atoms with van der Waals surface area (Å²) in [5, 5.41) is 12.7. The van der Waals surface area contributed by atoms with Gasteiger partial charge in [0.05, 0.1) is 0 Å². The molecule has 0 aliphatic carbocycles. The van der Waals surface area contributed by atoms with Crippen molar-refractivity contribution in [3.05, 3.63) is 41.0 Å². The van der Waals surface area contributed by atoms with E-state index in [9.17, 15) is 23.1 Å². The van der Waals surface area contributed by atoms with Crippen molar-refractivity contribution in [2.45, 2.75) is 32.8 Å². The summed E-state index contributed by atoms with van der Waals surface area (Å²) in [5.41, 5.74) is -0.294. The lowest BCUT2D eigenvalue weighted by molar-refractivity contribution is -0.126. The lowest BCUT2D eigenvalue weighted by atomic mass is 10.2. The van der Waals surface area contributed by atoms with Crippen LogP contribution in [-0.2, 0) is 19.4 Å². The number of nitrogens with zero attached hydrogens (tertiary/aromatic N) is 1.